The summed E-state index contributed by atoms with van der Waals surface area (Å²) in [6, 6.07) is 13.2. The van der Waals surface area contributed by atoms with Crippen LogP contribution >= 0.6 is 39.1 Å². The predicted molar refractivity (Wildman–Crippen MR) is 116 cm³/mol. The molecule has 0 unspecified atom stereocenters. The van der Waals surface area contributed by atoms with Gasteiger partial charge in [0.25, 0.3) is 5.82 Å². The van der Waals surface area contributed by atoms with Gasteiger partial charge in [-0.05, 0) is 49.6 Å². The van der Waals surface area contributed by atoms with E-state index in [0.717, 1.165) is 47.1 Å². The van der Waals surface area contributed by atoms with Crippen LogP contribution in [0, 0.1) is 0 Å². The number of rotatable bonds is 4. The quantitative estimate of drug-likeness (QED) is 0.327. The third-order valence-corrected chi connectivity index (χ3v) is 6.46. The fourth-order valence-electron chi connectivity index (χ4n) is 3.75. The normalized spacial score (nSPS) is 13.8. The SMILES string of the molecule is O=C(C[n+]1cc(-c2ccc(Cl)c(Cl)c2)n2c1CCCCC2)c1ccc(Br)cc1. The lowest BCUT2D eigenvalue weighted by molar-refractivity contribution is -0.690. The molecule has 4 rings (SSSR count). The Kier molecular flexibility index (Phi) is 5.91. The number of carbonyl (C=O) groups excluding carboxylic acids is 1. The van der Waals surface area contributed by atoms with Crippen molar-refractivity contribution in [1.29, 1.82) is 0 Å². The molecule has 0 aliphatic carbocycles. The molecule has 0 spiro atoms. The Morgan fingerprint density at radius 1 is 1.04 bits per heavy atom. The highest BCUT2D eigenvalue weighted by Crippen LogP contribution is 2.30. The molecule has 1 aliphatic rings. The average Bonchev–Trinajstić information content (AvgIpc) is 2.86. The molecule has 1 aromatic heterocycles. The minimum Gasteiger partial charge on any atom is -0.290 e. The molecule has 2 heterocycles. The van der Waals surface area contributed by atoms with Crippen molar-refractivity contribution < 1.29 is 9.36 Å². The number of halogens is 3. The summed E-state index contributed by atoms with van der Waals surface area (Å²) in [5, 5.41) is 1.09. The molecule has 1 aliphatic heterocycles. The van der Waals surface area contributed by atoms with Crippen molar-refractivity contribution in [2.24, 2.45) is 0 Å². The van der Waals surface area contributed by atoms with Crippen molar-refractivity contribution in [2.45, 2.75) is 38.8 Å². The van der Waals surface area contributed by atoms with E-state index in [9.17, 15) is 4.79 Å². The minimum absolute atomic E-state index is 0.107. The van der Waals surface area contributed by atoms with E-state index in [1.165, 1.54) is 12.2 Å². The maximum absolute atomic E-state index is 12.9. The first-order valence-corrected chi connectivity index (χ1v) is 10.9. The molecule has 144 valence electrons. The van der Waals surface area contributed by atoms with Gasteiger partial charge in [-0.2, -0.15) is 0 Å². The molecule has 3 aromatic rings. The fourth-order valence-corrected chi connectivity index (χ4v) is 4.31. The third kappa shape index (κ3) is 4.05. The highest BCUT2D eigenvalue weighted by atomic mass is 79.9. The monoisotopic (exact) mass is 477 g/mol. The van der Waals surface area contributed by atoms with Gasteiger partial charge in [0.05, 0.1) is 16.6 Å². The Balaban J connectivity index is 1.73. The molecule has 0 N–H and O–H groups in total. The standard InChI is InChI=1S/C22H20BrCl2N2O/c23-17-8-5-15(6-9-17)21(28)14-26-13-20(16-7-10-18(24)19(25)12-16)27-11-3-1-2-4-22(26)27/h5-10,12-13H,1-4,11,14H2/q+1. The van der Waals surface area contributed by atoms with Gasteiger partial charge in [-0.15, -0.1) is 0 Å². The number of hydrogen-bond acceptors (Lipinski definition) is 1. The average molecular weight is 479 g/mol. The molecule has 2 aromatic carbocycles. The van der Waals surface area contributed by atoms with Gasteiger partial charge in [0, 0.05) is 22.0 Å². The van der Waals surface area contributed by atoms with E-state index in [1.54, 1.807) is 0 Å². The molecular weight excluding hydrogens is 459 g/mol. The predicted octanol–water partition coefficient (Wildman–Crippen LogP) is 6.12. The van der Waals surface area contributed by atoms with Gasteiger partial charge >= 0.3 is 0 Å². The van der Waals surface area contributed by atoms with Gasteiger partial charge in [0.15, 0.2) is 12.2 Å². The second-order valence-corrected chi connectivity index (χ2v) is 8.81. The molecule has 6 heteroatoms. The number of hydrogen-bond donors (Lipinski definition) is 0. The van der Waals surface area contributed by atoms with E-state index in [4.69, 9.17) is 23.2 Å². The first kappa shape index (κ1) is 19.7. The van der Waals surface area contributed by atoms with Crippen LogP contribution in [0.2, 0.25) is 10.0 Å². The summed E-state index contributed by atoms with van der Waals surface area (Å²) in [6.07, 6.45) is 6.52. The molecule has 28 heavy (non-hydrogen) atoms. The lowest BCUT2D eigenvalue weighted by Crippen LogP contribution is -2.40. The topological polar surface area (TPSA) is 25.9 Å². The van der Waals surface area contributed by atoms with Crippen LogP contribution in [-0.4, -0.2) is 10.4 Å². The summed E-state index contributed by atoms with van der Waals surface area (Å²) >= 11 is 15.8. The largest absolute Gasteiger partial charge is 0.290 e. The molecule has 0 bridgehead atoms. The smallest absolute Gasteiger partial charge is 0.257 e. The summed E-state index contributed by atoms with van der Waals surface area (Å²) in [5.41, 5.74) is 2.83. The van der Waals surface area contributed by atoms with E-state index in [2.05, 4.69) is 31.3 Å². The summed E-state index contributed by atoms with van der Waals surface area (Å²) in [4.78, 5) is 12.9. The van der Waals surface area contributed by atoms with Crippen molar-refractivity contribution >= 4 is 44.9 Å². The van der Waals surface area contributed by atoms with Crippen LogP contribution in [0.1, 0.15) is 35.4 Å². The Morgan fingerprint density at radius 3 is 2.57 bits per heavy atom. The Labute approximate surface area is 183 Å². The van der Waals surface area contributed by atoms with E-state index >= 15 is 0 Å². The molecule has 3 nitrogen and oxygen atoms in total. The Hall–Kier alpha value is -1.62. The zero-order valence-electron chi connectivity index (χ0n) is 15.3. The second-order valence-electron chi connectivity index (χ2n) is 7.08. The van der Waals surface area contributed by atoms with E-state index < -0.39 is 0 Å². The zero-order chi connectivity index (χ0) is 19.7. The maximum Gasteiger partial charge on any atom is 0.257 e. The number of ketones is 1. The number of benzene rings is 2. The number of imidazole rings is 1. The van der Waals surface area contributed by atoms with Gasteiger partial charge < -0.3 is 0 Å². The van der Waals surface area contributed by atoms with Gasteiger partial charge in [0.2, 0.25) is 5.78 Å². The van der Waals surface area contributed by atoms with E-state index in [1.807, 2.05) is 42.5 Å². The third-order valence-electron chi connectivity index (χ3n) is 5.19. The highest BCUT2D eigenvalue weighted by Gasteiger charge is 2.27. The molecular formula is C22H20BrCl2N2O+. The van der Waals surface area contributed by atoms with Crippen LogP contribution in [0.5, 0.6) is 0 Å². The van der Waals surface area contributed by atoms with Crippen LogP contribution in [0.25, 0.3) is 11.3 Å². The van der Waals surface area contributed by atoms with Crippen LogP contribution in [0.3, 0.4) is 0 Å². The number of fused-ring (bicyclic) bond motifs is 1. The summed E-state index contributed by atoms with van der Waals surface area (Å²) in [6.45, 7) is 1.28. The van der Waals surface area contributed by atoms with Crippen molar-refractivity contribution in [3.8, 4) is 11.3 Å². The zero-order valence-corrected chi connectivity index (χ0v) is 18.4. The number of aromatic nitrogens is 2. The minimum atomic E-state index is 0.107. The van der Waals surface area contributed by atoms with Gasteiger partial charge in [0.1, 0.15) is 6.20 Å². The van der Waals surface area contributed by atoms with Crippen LogP contribution < -0.4 is 4.57 Å². The molecule has 0 atom stereocenters. The summed E-state index contributed by atoms with van der Waals surface area (Å²) in [7, 11) is 0. The number of carbonyl (C=O) groups is 1. The van der Waals surface area contributed by atoms with Gasteiger partial charge in [-0.1, -0.05) is 51.3 Å². The number of nitrogens with zero attached hydrogens (tertiary/aromatic N) is 2. The Morgan fingerprint density at radius 2 is 1.82 bits per heavy atom. The lowest BCUT2D eigenvalue weighted by Gasteiger charge is -2.04. The maximum atomic E-state index is 12.9. The van der Waals surface area contributed by atoms with E-state index in [-0.39, 0.29) is 5.78 Å². The molecule has 0 fully saturated rings. The summed E-state index contributed by atoms with van der Waals surface area (Å²) < 4.78 is 5.41. The summed E-state index contributed by atoms with van der Waals surface area (Å²) in [5.74, 6) is 1.31. The van der Waals surface area contributed by atoms with Gasteiger partial charge in [-0.25, -0.2) is 9.13 Å². The van der Waals surface area contributed by atoms with Crippen LogP contribution in [0.15, 0.2) is 53.1 Å². The lowest BCUT2D eigenvalue weighted by atomic mass is 10.1. The first-order chi connectivity index (χ1) is 13.5. The highest BCUT2D eigenvalue weighted by molar-refractivity contribution is 9.10. The molecule has 0 saturated heterocycles. The van der Waals surface area contributed by atoms with Crippen LogP contribution in [0.4, 0.5) is 0 Å². The van der Waals surface area contributed by atoms with Crippen molar-refractivity contribution in [2.75, 3.05) is 0 Å². The Bertz CT molecular complexity index is 1030. The molecule has 0 saturated carbocycles. The fraction of sp³-hybridized carbons (Fsp3) is 0.273. The van der Waals surface area contributed by atoms with E-state index in [0.29, 0.717) is 16.6 Å². The molecule has 0 radical (unpaired) electrons. The molecule has 0 amide bonds. The second kappa shape index (κ2) is 8.40. The van der Waals surface area contributed by atoms with Crippen LogP contribution in [-0.2, 0) is 19.5 Å². The van der Waals surface area contributed by atoms with Crippen molar-refractivity contribution in [3.63, 3.8) is 0 Å². The number of Topliss-reactive ketones (excluding diaryl/α,β-unsaturated/α-hetero) is 1. The first-order valence-electron chi connectivity index (χ1n) is 9.39. The van der Waals surface area contributed by atoms with Crippen molar-refractivity contribution in [1.82, 2.24) is 4.57 Å². The van der Waals surface area contributed by atoms with Crippen molar-refractivity contribution in [3.05, 3.63) is 74.6 Å². The van der Waals surface area contributed by atoms with Gasteiger partial charge in [-0.3, -0.25) is 4.79 Å².